The second-order valence-electron chi connectivity index (χ2n) is 6.42. The summed E-state index contributed by atoms with van der Waals surface area (Å²) in [5, 5.41) is 14.6. The number of non-ortho nitro benzene ring substituents is 1. The minimum absolute atomic E-state index is 0.137. The topological polar surface area (TPSA) is 104 Å². The Hall–Kier alpha value is -3.52. The van der Waals surface area contributed by atoms with Gasteiger partial charge in [-0.1, -0.05) is 30.3 Å². The zero-order valence-corrected chi connectivity index (χ0v) is 15.8. The summed E-state index contributed by atoms with van der Waals surface area (Å²) in [4.78, 5) is 28.4. The molecule has 0 spiro atoms. The molecule has 4 aromatic rings. The zero-order chi connectivity index (χ0) is 19.8. The van der Waals surface area contributed by atoms with E-state index in [2.05, 4.69) is 4.98 Å². The predicted octanol–water partition coefficient (Wildman–Crippen LogP) is 3.97. The Morgan fingerprint density at radius 2 is 1.93 bits per heavy atom. The highest BCUT2D eigenvalue weighted by Gasteiger charge is 2.20. The standard InChI is InChI=1S/C20H16N4O3S/c1-12-11-28-19(22-12)17-15-8-7-14(24(26)27)9-16(15)20(25)23(18(17)21)10-13-5-3-2-4-6-13/h2-9,11H,10,21H2,1H3. The van der Waals surface area contributed by atoms with Crippen molar-refractivity contribution in [2.24, 2.45) is 0 Å². The number of benzene rings is 2. The van der Waals surface area contributed by atoms with E-state index in [4.69, 9.17) is 5.73 Å². The number of nitro groups is 1. The zero-order valence-electron chi connectivity index (χ0n) is 15.0. The average Bonchev–Trinajstić information content (AvgIpc) is 3.11. The summed E-state index contributed by atoms with van der Waals surface area (Å²) in [5.41, 5.74) is 8.30. The molecule has 0 saturated heterocycles. The number of hydrogen-bond acceptors (Lipinski definition) is 6. The molecule has 2 aromatic heterocycles. The van der Waals surface area contributed by atoms with Gasteiger partial charge in [0.1, 0.15) is 10.8 Å². The molecule has 2 heterocycles. The smallest absolute Gasteiger partial charge is 0.270 e. The minimum Gasteiger partial charge on any atom is -0.384 e. The molecule has 0 radical (unpaired) electrons. The first-order valence-electron chi connectivity index (χ1n) is 8.52. The van der Waals surface area contributed by atoms with Crippen molar-refractivity contribution in [1.29, 1.82) is 0 Å². The van der Waals surface area contributed by atoms with Crippen LogP contribution in [0.15, 0.2) is 58.7 Å². The highest BCUT2D eigenvalue weighted by molar-refractivity contribution is 7.13. The molecule has 140 valence electrons. The van der Waals surface area contributed by atoms with Gasteiger partial charge in [-0.25, -0.2) is 4.98 Å². The third kappa shape index (κ3) is 3.03. The van der Waals surface area contributed by atoms with Crippen molar-refractivity contribution in [3.63, 3.8) is 0 Å². The van der Waals surface area contributed by atoms with Crippen molar-refractivity contribution in [2.75, 3.05) is 5.73 Å². The number of fused-ring (bicyclic) bond motifs is 1. The molecule has 4 rings (SSSR count). The van der Waals surface area contributed by atoms with Gasteiger partial charge in [0.05, 0.1) is 22.4 Å². The Kier molecular flexibility index (Phi) is 4.40. The number of nitrogens with zero attached hydrogens (tertiary/aromatic N) is 3. The molecule has 0 aliphatic heterocycles. The van der Waals surface area contributed by atoms with Crippen molar-refractivity contribution in [3.8, 4) is 10.6 Å². The summed E-state index contributed by atoms with van der Waals surface area (Å²) in [6.07, 6.45) is 0. The summed E-state index contributed by atoms with van der Waals surface area (Å²) in [6.45, 7) is 2.14. The Labute approximate surface area is 163 Å². The van der Waals surface area contributed by atoms with Crippen LogP contribution in [0.4, 0.5) is 11.5 Å². The first-order valence-corrected chi connectivity index (χ1v) is 9.40. The van der Waals surface area contributed by atoms with E-state index in [1.807, 2.05) is 42.6 Å². The van der Waals surface area contributed by atoms with Gasteiger partial charge in [0, 0.05) is 28.6 Å². The first-order chi connectivity index (χ1) is 13.5. The first kappa shape index (κ1) is 17.9. The third-order valence-electron chi connectivity index (χ3n) is 4.52. The highest BCUT2D eigenvalue weighted by atomic mass is 32.1. The minimum atomic E-state index is -0.510. The molecule has 2 aromatic carbocycles. The number of nitrogen functional groups attached to an aromatic ring is 1. The van der Waals surface area contributed by atoms with Crippen LogP contribution in [0.3, 0.4) is 0 Å². The number of anilines is 1. The molecule has 0 saturated carbocycles. The average molecular weight is 392 g/mol. The molecule has 28 heavy (non-hydrogen) atoms. The molecular weight excluding hydrogens is 376 g/mol. The molecule has 0 aliphatic carbocycles. The maximum Gasteiger partial charge on any atom is 0.270 e. The Morgan fingerprint density at radius 3 is 2.57 bits per heavy atom. The van der Waals surface area contributed by atoms with Crippen molar-refractivity contribution >= 4 is 33.6 Å². The lowest BCUT2D eigenvalue weighted by Gasteiger charge is -2.16. The maximum atomic E-state index is 13.2. The lowest BCUT2D eigenvalue weighted by Crippen LogP contribution is -2.24. The van der Waals surface area contributed by atoms with Crippen LogP contribution in [0.1, 0.15) is 11.3 Å². The lowest BCUT2D eigenvalue weighted by atomic mass is 10.0. The monoisotopic (exact) mass is 392 g/mol. The van der Waals surface area contributed by atoms with Crippen molar-refractivity contribution < 1.29 is 4.92 Å². The van der Waals surface area contributed by atoms with Crippen molar-refractivity contribution in [2.45, 2.75) is 13.5 Å². The fourth-order valence-electron chi connectivity index (χ4n) is 3.19. The molecule has 0 bridgehead atoms. The summed E-state index contributed by atoms with van der Waals surface area (Å²) < 4.78 is 1.45. The normalized spacial score (nSPS) is 11.0. The molecule has 2 N–H and O–H groups in total. The number of rotatable bonds is 4. The molecule has 8 heteroatoms. The number of nitrogens with two attached hydrogens (primary N) is 1. The Bertz CT molecular complexity index is 1260. The van der Waals surface area contributed by atoms with E-state index >= 15 is 0 Å². The molecule has 0 atom stereocenters. The third-order valence-corrected chi connectivity index (χ3v) is 5.50. The van der Waals surface area contributed by atoms with Gasteiger partial charge < -0.3 is 5.73 Å². The molecule has 0 aliphatic rings. The van der Waals surface area contributed by atoms with Crippen LogP contribution >= 0.6 is 11.3 Å². The highest BCUT2D eigenvalue weighted by Crippen LogP contribution is 2.35. The van der Waals surface area contributed by atoms with E-state index in [-0.39, 0.29) is 23.2 Å². The van der Waals surface area contributed by atoms with Crippen LogP contribution in [0.25, 0.3) is 21.3 Å². The maximum absolute atomic E-state index is 13.2. The Balaban J connectivity index is 2.05. The number of aromatic nitrogens is 2. The van der Waals surface area contributed by atoms with Crippen molar-refractivity contribution in [3.05, 3.63) is 85.6 Å². The number of hydrogen-bond donors (Lipinski definition) is 1. The van der Waals surface area contributed by atoms with Crippen molar-refractivity contribution in [1.82, 2.24) is 9.55 Å². The summed E-state index contributed by atoms with van der Waals surface area (Å²) in [7, 11) is 0. The molecular formula is C20H16N4O3S. The number of pyridine rings is 1. The van der Waals surface area contributed by atoms with Gasteiger partial charge in [-0.15, -0.1) is 11.3 Å². The van der Waals surface area contributed by atoms with E-state index in [9.17, 15) is 14.9 Å². The second-order valence-corrected chi connectivity index (χ2v) is 7.28. The molecule has 0 amide bonds. The van der Waals surface area contributed by atoms with E-state index in [0.717, 1.165) is 11.3 Å². The van der Waals surface area contributed by atoms with Crippen LogP contribution in [0, 0.1) is 17.0 Å². The summed E-state index contributed by atoms with van der Waals surface area (Å²) in [5.74, 6) is 0.296. The van der Waals surface area contributed by atoms with E-state index in [0.29, 0.717) is 21.8 Å². The molecule has 0 fully saturated rings. The van der Waals surface area contributed by atoms with E-state index in [1.54, 1.807) is 6.07 Å². The lowest BCUT2D eigenvalue weighted by molar-refractivity contribution is -0.384. The van der Waals surface area contributed by atoms with Gasteiger partial charge in [0.25, 0.3) is 11.2 Å². The SMILES string of the molecule is Cc1csc(-c2c(N)n(Cc3ccccc3)c(=O)c3cc([N+](=O)[O-])ccc23)n1. The fourth-order valence-corrected chi connectivity index (χ4v) is 4.05. The van der Waals surface area contributed by atoms with Crippen LogP contribution in [0.2, 0.25) is 0 Å². The van der Waals surface area contributed by atoms with Gasteiger partial charge in [-0.05, 0) is 18.6 Å². The van der Waals surface area contributed by atoms with E-state index in [1.165, 1.54) is 28.0 Å². The van der Waals surface area contributed by atoms with Crippen LogP contribution < -0.4 is 11.3 Å². The predicted molar refractivity (Wildman–Crippen MR) is 111 cm³/mol. The van der Waals surface area contributed by atoms with Gasteiger partial charge in [-0.2, -0.15) is 0 Å². The van der Waals surface area contributed by atoms with Crippen LogP contribution in [-0.4, -0.2) is 14.5 Å². The van der Waals surface area contributed by atoms with Gasteiger partial charge in [-0.3, -0.25) is 19.5 Å². The largest absolute Gasteiger partial charge is 0.384 e. The number of thiazole rings is 1. The number of aryl methyl sites for hydroxylation is 1. The number of nitro benzene ring substituents is 1. The summed E-state index contributed by atoms with van der Waals surface area (Å²) in [6, 6.07) is 13.7. The van der Waals surface area contributed by atoms with E-state index < -0.39 is 4.92 Å². The van der Waals surface area contributed by atoms with Crippen LogP contribution in [0.5, 0.6) is 0 Å². The van der Waals surface area contributed by atoms with Gasteiger partial charge >= 0.3 is 0 Å². The van der Waals surface area contributed by atoms with Gasteiger partial charge in [0.15, 0.2) is 0 Å². The van der Waals surface area contributed by atoms with Crippen LogP contribution in [-0.2, 0) is 6.54 Å². The quantitative estimate of drug-likeness (QED) is 0.418. The molecule has 7 nitrogen and oxygen atoms in total. The Morgan fingerprint density at radius 1 is 1.18 bits per heavy atom. The second kappa shape index (κ2) is 6.90. The fraction of sp³-hybridized carbons (Fsp3) is 0.100. The van der Waals surface area contributed by atoms with Gasteiger partial charge in [0.2, 0.25) is 0 Å². The summed E-state index contributed by atoms with van der Waals surface area (Å²) >= 11 is 1.42. The molecule has 0 unspecified atom stereocenters.